The van der Waals surface area contributed by atoms with Crippen LogP contribution in [0.5, 0.6) is 5.75 Å². The summed E-state index contributed by atoms with van der Waals surface area (Å²) in [6.45, 7) is 9.97. The molecule has 178 valence electrons. The van der Waals surface area contributed by atoms with E-state index in [-0.39, 0.29) is 5.91 Å². The fourth-order valence-corrected chi connectivity index (χ4v) is 5.58. The molecular formula is C26H31N5O2S. The molecule has 2 aromatic carbocycles. The number of ether oxygens (including phenoxy) is 1. The molecular weight excluding hydrogens is 446 g/mol. The maximum atomic E-state index is 12.9. The molecule has 1 aromatic heterocycles. The van der Waals surface area contributed by atoms with Crippen LogP contribution >= 0.6 is 11.8 Å². The number of carbonyl (C=O) groups is 1. The Hall–Kier alpha value is -2.84. The Morgan fingerprint density at radius 2 is 1.91 bits per heavy atom. The number of nitrogens with zero attached hydrogens (tertiary/aromatic N) is 5. The maximum absolute atomic E-state index is 12.9. The lowest BCUT2D eigenvalue weighted by Crippen LogP contribution is -2.48. The Morgan fingerprint density at radius 3 is 2.71 bits per heavy atom. The monoisotopic (exact) mass is 477 g/mol. The Labute approximate surface area is 205 Å². The quantitative estimate of drug-likeness (QED) is 0.484. The van der Waals surface area contributed by atoms with Crippen molar-refractivity contribution in [2.45, 2.75) is 38.5 Å². The molecule has 0 radical (unpaired) electrons. The van der Waals surface area contributed by atoms with E-state index in [2.05, 4.69) is 63.8 Å². The molecule has 1 amide bonds. The van der Waals surface area contributed by atoms with Crippen molar-refractivity contribution < 1.29 is 9.53 Å². The first-order chi connectivity index (χ1) is 16.6. The number of piperazine rings is 1. The van der Waals surface area contributed by atoms with Gasteiger partial charge in [0.1, 0.15) is 5.75 Å². The predicted molar refractivity (Wildman–Crippen MR) is 134 cm³/mol. The van der Waals surface area contributed by atoms with E-state index < -0.39 is 0 Å². The van der Waals surface area contributed by atoms with Gasteiger partial charge in [-0.2, -0.15) is 0 Å². The van der Waals surface area contributed by atoms with Gasteiger partial charge in [-0.1, -0.05) is 48.2 Å². The Kier molecular flexibility index (Phi) is 6.87. The summed E-state index contributed by atoms with van der Waals surface area (Å²) in [6.07, 6.45) is 1.00. The van der Waals surface area contributed by atoms with Crippen LogP contribution in [0.4, 0.5) is 0 Å². The number of thioether (sulfide) groups is 1. The summed E-state index contributed by atoms with van der Waals surface area (Å²) in [7, 11) is 0. The van der Waals surface area contributed by atoms with Gasteiger partial charge in [-0.25, -0.2) is 0 Å². The van der Waals surface area contributed by atoms with Crippen LogP contribution in [0, 0.1) is 6.92 Å². The van der Waals surface area contributed by atoms with Gasteiger partial charge in [0.2, 0.25) is 5.91 Å². The molecule has 2 aliphatic heterocycles. The Morgan fingerprint density at radius 1 is 1.09 bits per heavy atom. The second kappa shape index (κ2) is 10.2. The van der Waals surface area contributed by atoms with Crippen LogP contribution in [0.2, 0.25) is 0 Å². The summed E-state index contributed by atoms with van der Waals surface area (Å²) >= 11 is 1.48. The van der Waals surface area contributed by atoms with Crippen LogP contribution in [-0.4, -0.2) is 69.0 Å². The molecule has 0 saturated carbocycles. The van der Waals surface area contributed by atoms with Crippen LogP contribution in [0.15, 0.2) is 47.6 Å². The zero-order valence-electron chi connectivity index (χ0n) is 19.9. The van der Waals surface area contributed by atoms with Gasteiger partial charge in [0.05, 0.1) is 12.4 Å². The number of aromatic nitrogens is 3. The fraction of sp³-hybridized carbons (Fsp3) is 0.423. The molecule has 0 spiro atoms. The summed E-state index contributed by atoms with van der Waals surface area (Å²) in [6, 6.07) is 14.7. The van der Waals surface area contributed by atoms with Crippen molar-refractivity contribution in [1.82, 2.24) is 24.6 Å². The minimum absolute atomic E-state index is 0.169. The largest absolute Gasteiger partial charge is 0.493 e. The standard InChI is InChI=1S/C26H31N5O2S/c1-3-31-25(22-7-5-4-6-19(22)2)27-28-26(31)34-18-24(32)30-13-11-29(12-14-30)17-20-8-9-23-21(16-20)10-15-33-23/h4-9,16H,3,10-15,17-18H2,1-2H3. The highest BCUT2D eigenvalue weighted by atomic mass is 32.2. The molecule has 3 heterocycles. The van der Waals surface area contributed by atoms with Crippen molar-refractivity contribution in [2.24, 2.45) is 0 Å². The number of aryl methyl sites for hydroxylation is 1. The second-order valence-corrected chi connectivity index (χ2v) is 9.79. The van der Waals surface area contributed by atoms with E-state index in [4.69, 9.17) is 4.74 Å². The van der Waals surface area contributed by atoms with Crippen LogP contribution in [0.1, 0.15) is 23.6 Å². The average Bonchev–Trinajstić information content (AvgIpc) is 3.49. The van der Waals surface area contributed by atoms with Gasteiger partial charge in [0.25, 0.3) is 0 Å². The number of fused-ring (bicyclic) bond motifs is 1. The predicted octanol–water partition coefficient (Wildman–Crippen LogP) is 3.64. The van der Waals surface area contributed by atoms with Gasteiger partial charge in [-0.3, -0.25) is 9.69 Å². The third-order valence-corrected chi connectivity index (χ3v) is 7.58. The second-order valence-electron chi connectivity index (χ2n) is 8.85. The molecule has 0 unspecified atom stereocenters. The Balaban J connectivity index is 1.14. The molecule has 3 aromatic rings. The zero-order chi connectivity index (χ0) is 23.5. The maximum Gasteiger partial charge on any atom is 0.233 e. The summed E-state index contributed by atoms with van der Waals surface area (Å²) in [5.41, 5.74) is 4.89. The molecule has 8 heteroatoms. The number of hydrogen-bond acceptors (Lipinski definition) is 6. The molecule has 2 aliphatic rings. The molecule has 0 atom stereocenters. The molecule has 0 N–H and O–H groups in total. The smallest absolute Gasteiger partial charge is 0.233 e. The number of benzene rings is 2. The van der Waals surface area contributed by atoms with Gasteiger partial charge < -0.3 is 14.2 Å². The highest BCUT2D eigenvalue weighted by Crippen LogP contribution is 2.28. The van der Waals surface area contributed by atoms with Crippen molar-refractivity contribution in [3.05, 3.63) is 59.2 Å². The molecule has 7 nitrogen and oxygen atoms in total. The molecule has 1 saturated heterocycles. The van der Waals surface area contributed by atoms with Gasteiger partial charge in [-0.15, -0.1) is 10.2 Å². The zero-order valence-corrected chi connectivity index (χ0v) is 20.7. The van der Waals surface area contributed by atoms with Crippen molar-refractivity contribution in [1.29, 1.82) is 0 Å². The average molecular weight is 478 g/mol. The minimum Gasteiger partial charge on any atom is -0.493 e. The first-order valence-corrected chi connectivity index (χ1v) is 13.0. The topological polar surface area (TPSA) is 63.5 Å². The highest BCUT2D eigenvalue weighted by molar-refractivity contribution is 7.99. The summed E-state index contributed by atoms with van der Waals surface area (Å²) in [5.74, 6) is 2.45. The minimum atomic E-state index is 0.169. The number of carbonyl (C=O) groups excluding carboxylic acids is 1. The van der Waals surface area contributed by atoms with Gasteiger partial charge in [0.15, 0.2) is 11.0 Å². The first kappa shape index (κ1) is 22.9. The molecule has 5 rings (SSSR count). The fourth-order valence-electron chi connectivity index (χ4n) is 4.67. The summed E-state index contributed by atoms with van der Waals surface area (Å²) < 4.78 is 7.71. The third-order valence-electron chi connectivity index (χ3n) is 6.63. The van der Waals surface area contributed by atoms with Crippen molar-refractivity contribution >= 4 is 17.7 Å². The third kappa shape index (κ3) is 4.83. The molecule has 34 heavy (non-hydrogen) atoms. The molecule has 0 aliphatic carbocycles. The van der Waals surface area contributed by atoms with Gasteiger partial charge >= 0.3 is 0 Å². The van der Waals surface area contributed by atoms with Crippen LogP contribution in [0.3, 0.4) is 0 Å². The summed E-state index contributed by atoms with van der Waals surface area (Å²) in [5, 5.41) is 9.63. The van der Waals surface area contributed by atoms with Crippen LogP contribution in [-0.2, 0) is 24.3 Å². The Bertz CT molecular complexity index is 1170. The van der Waals surface area contributed by atoms with Crippen LogP contribution in [0.25, 0.3) is 11.4 Å². The number of hydrogen-bond donors (Lipinski definition) is 0. The van der Waals surface area contributed by atoms with E-state index in [1.165, 1.54) is 28.5 Å². The van der Waals surface area contributed by atoms with E-state index in [9.17, 15) is 4.79 Å². The van der Waals surface area contributed by atoms with E-state index >= 15 is 0 Å². The van der Waals surface area contributed by atoms with Crippen molar-refractivity contribution in [3.63, 3.8) is 0 Å². The van der Waals surface area contributed by atoms with E-state index in [0.717, 1.165) is 74.6 Å². The number of rotatable bonds is 7. The number of amides is 1. The highest BCUT2D eigenvalue weighted by Gasteiger charge is 2.23. The van der Waals surface area contributed by atoms with E-state index in [1.54, 1.807) is 0 Å². The summed E-state index contributed by atoms with van der Waals surface area (Å²) in [4.78, 5) is 17.3. The SMILES string of the molecule is CCn1c(SCC(=O)N2CCN(Cc3ccc4c(c3)CCO4)CC2)nnc1-c1ccccc1C. The normalized spacial score (nSPS) is 15.9. The van der Waals surface area contributed by atoms with E-state index in [1.807, 2.05) is 17.0 Å². The lowest BCUT2D eigenvalue weighted by atomic mass is 10.1. The van der Waals surface area contributed by atoms with Crippen LogP contribution < -0.4 is 4.74 Å². The van der Waals surface area contributed by atoms with Crippen molar-refractivity contribution in [3.8, 4) is 17.1 Å². The molecule has 1 fully saturated rings. The first-order valence-electron chi connectivity index (χ1n) is 12.0. The van der Waals surface area contributed by atoms with E-state index in [0.29, 0.717) is 5.75 Å². The van der Waals surface area contributed by atoms with Gasteiger partial charge in [-0.05, 0) is 36.6 Å². The lowest BCUT2D eigenvalue weighted by molar-refractivity contribution is -0.130. The lowest BCUT2D eigenvalue weighted by Gasteiger charge is -2.34. The molecule has 0 bridgehead atoms. The van der Waals surface area contributed by atoms with Gasteiger partial charge in [0, 0.05) is 51.3 Å². The van der Waals surface area contributed by atoms with Crippen molar-refractivity contribution in [2.75, 3.05) is 38.5 Å².